The van der Waals surface area contributed by atoms with Crippen molar-refractivity contribution in [3.63, 3.8) is 0 Å². The normalized spacial score (nSPS) is 49.0. The second-order valence-electron chi connectivity index (χ2n) is 5.35. The molecule has 0 amide bonds. The molecule has 0 aromatic heterocycles. The fraction of sp³-hybridized carbons (Fsp3) is 0.900. The van der Waals surface area contributed by atoms with Gasteiger partial charge in [0.15, 0.2) is 0 Å². The highest BCUT2D eigenvalue weighted by atomic mass is 16.4. The fourth-order valence-corrected chi connectivity index (χ4v) is 3.67. The van der Waals surface area contributed by atoms with E-state index in [1.807, 2.05) is 0 Å². The molecule has 0 saturated heterocycles. The minimum Gasteiger partial charge on any atom is -0.480 e. The van der Waals surface area contributed by atoms with E-state index in [1.165, 1.54) is 12.8 Å². The minimum atomic E-state index is -0.816. The van der Waals surface area contributed by atoms with Gasteiger partial charge in [-0.25, -0.2) is 0 Å². The largest absolute Gasteiger partial charge is 0.480 e. The van der Waals surface area contributed by atoms with E-state index in [1.54, 1.807) is 0 Å². The van der Waals surface area contributed by atoms with Crippen molar-refractivity contribution in [2.75, 3.05) is 0 Å². The number of nitrogens with two attached hydrogens (primary N) is 1. The van der Waals surface area contributed by atoms with Crippen LogP contribution in [0.4, 0.5) is 0 Å². The lowest BCUT2D eigenvalue weighted by Gasteiger charge is -2.73. The predicted octanol–water partition coefficient (Wildman–Crippen LogP) is 0.979. The first-order chi connectivity index (χ1) is 6.08. The van der Waals surface area contributed by atoms with Gasteiger partial charge < -0.3 is 10.8 Å². The van der Waals surface area contributed by atoms with Crippen molar-refractivity contribution in [1.29, 1.82) is 0 Å². The average Bonchev–Trinajstić information content (AvgIpc) is 2.64. The number of aliphatic carboxylic acids is 1. The smallest absolute Gasteiger partial charge is 0.321 e. The monoisotopic (exact) mass is 181 g/mol. The minimum absolute atomic E-state index is 0.00836. The van der Waals surface area contributed by atoms with E-state index in [-0.39, 0.29) is 5.41 Å². The first-order valence-corrected chi connectivity index (χ1v) is 5.06. The zero-order chi connectivity index (χ0) is 9.27. The van der Waals surface area contributed by atoms with Crippen LogP contribution in [0.3, 0.4) is 0 Å². The summed E-state index contributed by atoms with van der Waals surface area (Å²) in [6.07, 6.45) is 6.03. The maximum Gasteiger partial charge on any atom is 0.321 e. The van der Waals surface area contributed by atoms with E-state index in [4.69, 9.17) is 10.8 Å². The van der Waals surface area contributed by atoms with E-state index >= 15 is 0 Å². The molecule has 0 aromatic carbocycles. The maximum absolute atomic E-state index is 10.7. The Morgan fingerprint density at radius 2 is 1.92 bits per heavy atom. The molecular weight excluding hydrogens is 166 g/mol. The van der Waals surface area contributed by atoms with Crippen molar-refractivity contribution < 1.29 is 9.90 Å². The van der Waals surface area contributed by atoms with Crippen molar-refractivity contribution >= 4 is 5.97 Å². The van der Waals surface area contributed by atoms with Gasteiger partial charge in [-0.2, -0.15) is 0 Å². The summed E-state index contributed by atoms with van der Waals surface area (Å²) in [4.78, 5) is 10.7. The molecule has 4 aliphatic carbocycles. The predicted molar refractivity (Wildman–Crippen MR) is 47.1 cm³/mol. The molecule has 1 atom stereocenters. The molecule has 0 aromatic rings. The van der Waals surface area contributed by atoms with Crippen LogP contribution >= 0.6 is 0 Å². The molecule has 3 heteroatoms. The molecule has 4 rings (SSSR count). The Morgan fingerprint density at radius 3 is 2.31 bits per heavy atom. The van der Waals surface area contributed by atoms with Crippen LogP contribution in [-0.4, -0.2) is 17.1 Å². The SMILES string of the molecule is NC(C(=O)O)C12CC(C3CC3)(C1)C2. The van der Waals surface area contributed by atoms with E-state index in [0.717, 1.165) is 25.2 Å². The average molecular weight is 181 g/mol. The van der Waals surface area contributed by atoms with Gasteiger partial charge in [0.05, 0.1) is 0 Å². The lowest BCUT2D eigenvalue weighted by Crippen LogP contribution is -2.71. The number of carboxylic acids is 1. The van der Waals surface area contributed by atoms with Crippen molar-refractivity contribution in [3.05, 3.63) is 0 Å². The molecule has 1 unspecified atom stereocenters. The summed E-state index contributed by atoms with van der Waals surface area (Å²) in [6.45, 7) is 0. The summed E-state index contributed by atoms with van der Waals surface area (Å²) in [6, 6.07) is -0.604. The van der Waals surface area contributed by atoms with Crippen LogP contribution in [0.5, 0.6) is 0 Å². The summed E-state index contributed by atoms with van der Waals surface area (Å²) in [5.41, 5.74) is 6.24. The zero-order valence-electron chi connectivity index (χ0n) is 7.62. The number of hydrogen-bond donors (Lipinski definition) is 2. The number of carbonyl (C=O) groups is 1. The van der Waals surface area contributed by atoms with Crippen molar-refractivity contribution in [1.82, 2.24) is 0 Å². The topological polar surface area (TPSA) is 63.3 Å². The van der Waals surface area contributed by atoms with E-state index in [9.17, 15) is 4.79 Å². The highest BCUT2D eigenvalue weighted by Crippen LogP contribution is 2.80. The number of rotatable bonds is 3. The van der Waals surface area contributed by atoms with Gasteiger partial charge in [-0.1, -0.05) is 0 Å². The third-order valence-electron chi connectivity index (χ3n) is 4.48. The summed E-state index contributed by atoms with van der Waals surface area (Å²) in [5.74, 6) is 0.111. The molecular formula is C10H15NO2. The molecule has 0 radical (unpaired) electrons. The van der Waals surface area contributed by atoms with Crippen LogP contribution in [0.15, 0.2) is 0 Å². The van der Waals surface area contributed by atoms with Crippen molar-refractivity contribution in [2.45, 2.75) is 38.1 Å². The standard InChI is InChI=1S/C10H15NO2/c11-7(8(12)13)10-3-9(4-10,5-10)6-1-2-6/h6-7H,1-5,11H2,(H,12,13). The van der Waals surface area contributed by atoms with Gasteiger partial charge in [0.1, 0.15) is 6.04 Å². The molecule has 4 aliphatic rings. The molecule has 4 fully saturated rings. The first kappa shape index (κ1) is 7.80. The third kappa shape index (κ3) is 0.766. The Morgan fingerprint density at radius 1 is 1.38 bits per heavy atom. The van der Waals surface area contributed by atoms with Gasteiger partial charge in [0.2, 0.25) is 0 Å². The summed E-state index contributed by atoms with van der Waals surface area (Å²) >= 11 is 0. The van der Waals surface area contributed by atoms with Gasteiger partial charge >= 0.3 is 5.97 Å². The van der Waals surface area contributed by atoms with E-state index in [0.29, 0.717) is 5.41 Å². The number of hydrogen-bond acceptors (Lipinski definition) is 2. The molecule has 4 saturated carbocycles. The van der Waals surface area contributed by atoms with Gasteiger partial charge in [-0.3, -0.25) is 4.79 Å². The van der Waals surface area contributed by atoms with Crippen LogP contribution in [0.2, 0.25) is 0 Å². The summed E-state index contributed by atoms with van der Waals surface area (Å²) < 4.78 is 0. The molecule has 0 spiro atoms. The van der Waals surface area contributed by atoms with Gasteiger partial charge in [-0.05, 0) is 48.9 Å². The van der Waals surface area contributed by atoms with Crippen molar-refractivity contribution in [2.24, 2.45) is 22.5 Å². The molecule has 0 aliphatic heterocycles. The summed E-state index contributed by atoms with van der Waals surface area (Å²) in [5, 5.41) is 8.82. The van der Waals surface area contributed by atoms with Gasteiger partial charge in [-0.15, -0.1) is 0 Å². The highest BCUT2D eigenvalue weighted by Gasteiger charge is 2.74. The second-order valence-corrected chi connectivity index (χ2v) is 5.35. The van der Waals surface area contributed by atoms with Gasteiger partial charge in [0, 0.05) is 0 Å². The molecule has 13 heavy (non-hydrogen) atoms. The zero-order valence-corrected chi connectivity index (χ0v) is 7.62. The lowest BCUT2D eigenvalue weighted by molar-refractivity contribution is -0.231. The molecule has 0 heterocycles. The van der Waals surface area contributed by atoms with Crippen LogP contribution in [-0.2, 0) is 4.79 Å². The van der Waals surface area contributed by atoms with Crippen LogP contribution in [0, 0.1) is 16.7 Å². The Balaban J connectivity index is 1.69. The second kappa shape index (κ2) is 1.92. The van der Waals surface area contributed by atoms with Crippen LogP contribution in [0.1, 0.15) is 32.1 Å². The third-order valence-corrected chi connectivity index (χ3v) is 4.48. The molecule has 3 nitrogen and oxygen atoms in total. The van der Waals surface area contributed by atoms with Crippen molar-refractivity contribution in [3.8, 4) is 0 Å². The lowest BCUT2D eigenvalue weighted by atomic mass is 9.32. The molecule has 72 valence electrons. The van der Waals surface area contributed by atoms with Crippen LogP contribution < -0.4 is 5.73 Å². The van der Waals surface area contributed by atoms with E-state index in [2.05, 4.69) is 0 Å². The highest BCUT2D eigenvalue weighted by molar-refractivity contribution is 5.75. The Labute approximate surface area is 77.3 Å². The summed E-state index contributed by atoms with van der Waals surface area (Å²) in [7, 11) is 0. The fourth-order valence-electron chi connectivity index (χ4n) is 3.67. The Hall–Kier alpha value is -0.570. The Bertz CT molecular complexity index is 263. The maximum atomic E-state index is 10.7. The number of carboxylic acid groups (broad SMARTS) is 1. The molecule has 3 N–H and O–H groups in total. The quantitative estimate of drug-likeness (QED) is 0.682. The Kier molecular flexibility index (Phi) is 1.15. The first-order valence-electron chi connectivity index (χ1n) is 5.06. The molecule has 2 bridgehead atoms. The van der Waals surface area contributed by atoms with E-state index < -0.39 is 12.0 Å². The van der Waals surface area contributed by atoms with Crippen LogP contribution in [0.25, 0.3) is 0 Å². The van der Waals surface area contributed by atoms with Gasteiger partial charge in [0.25, 0.3) is 0 Å².